The summed E-state index contributed by atoms with van der Waals surface area (Å²) in [6.45, 7) is 0. The van der Waals surface area contributed by atoms with Gasteiger partial charge in [-0.2, -0.15) is 0 Å². The van der Waals surface area contributed by atoms with Crippen LogP contribution in [-0.4, -0.2) is 29.9 Å². The Balaban J connectivity index is 0.000000134. The third kappa shape index (κ3) is 4.64. The quantitative estimate of drug-likeness (QED) is 0.195. The van der Waals surface area contributed by atoms with Crippen molar-refractivity contribution in [1.82, 2.24) is 29.9 Å². The van der Waals surface area contributed by atoms with Crippen LogP contribution in [0.25, 0.3) is 77.2 Å². The Hall–Kier alpha value is -6.14. The Morgan fingerprint density at radius 2 is 0.750 bits per heavy atom. The van der Waals surface area contributed by atoms with E-state index in [4.69, 9.17) is 9.97 Å². The van der Waals surface area contributed by atoms with Crippen molar-refractivity contribution < 1.29 is 0 Å². The Bertz CT molecular complexity index is 2450. The molecule has 6 nitrogen and oxygen atoms in total. The maximum absolute atomic E-state index is 4.92. The van der Waals surface area contributed by atoms with Crippen LogP contribution in [0.4, 0.5) is 0 Å². The summed E-state index contributed by atoms with van der Waals surface area (Å²) < 4.78 is 0. The van der Waals surface area contributed by atoms with Crippen LogP contribution >= 0.6 is 0 Å². The fraction of sp³-hybridized carbons (Fsp3) is 0. The van der Waals surface area contributed by atoms with Crippen molar-refractivity contribution >= 4 is 54.5 Å². The van der Waals surface area contributed by atoms with Crippen molar-refractivity contribution in [2.45, 2.75) is 0 Å². The average Bonchev–Trinajstić information content (AvgIpc) is 3.11. The van der Waals surface area contributed by atoms with E-state index < -0.39 is 0 Å². The van der Waals surface area contributed by atoms with Gasteiger partial charge in [-0.05, 0) is 42.5 Å². The van der Waals surface area contributed by atoms with Crippen molar-refractivity contribution in [3.05, 3.63) is 146 Å². The van der Waals surface area contributed by atoms with Gasteiger partial charge in [0.05, 0.1) is 44.7 Å². The SMILES string of the molecule is c1ccc(-c2ccc3ccc4cccnc4c3n2)nc1.c1cnc2c(-c3ccc4ccc5cccnc5c4n3)cccc2c1. The minimum Gasteiger partial charge on any atom is -0.256 e. The second-order valence-electron chi connectivity index (χ2n) is 10.4. The summed E-state index contributed by atoms with van der Waals surface area (Å²) in [7, 11) is 0. The third-order valence-corrected chi connectivity index (χ3v) is 7.70. The Kier molecular flexibility index (Phi) is 6.35. The lowest BCUT2D eigenvalue weighted by Gasteiger charge is -2.08. The van der Waals surface area contributed by atoms with Crippen LogP contribution in [0.3, 0.4) is 0 Å². The van der Waals surface area contributed by atoms with Crippen LogP contribution in [0.15, 0.2) is 146 Å². The molecule has 3 aromatic carbocycles. The summed E-state index contributed by atoms with van der Waals surface area (Å²) in [5.74, 6) is 0. The zero-order chi connectivity index (χ0) is 29.3. The van der Waals surface area contributed by atoms with Crippen molar-refractivity contribution in [2.24, 2.45) is 0 Å². The highest BCUT2D eigenvalue weighted by atomic mass is 14.8. The van der Waals surface area contributed by atoms with E-state index in [0.29, 0.717) is 0 Å². The topological polar surface area (TPSA) is 77.3 Å². The molecule has 0 aliphatic rings. The molecule has 0 unspecified atom stereocenters. The molecule has 0 N–H and O–H groups in total. The summed E-state index contributed by atoms with van der Waals surface area (Å²) >= 11 is 0. The van der Waals surface area contributed by atoms with Gasteiger partial charge in [-0.25, -0.2) is 9.97 Å². The second kappa shape index (κ2) is 10.9. The number of nitrogens with zero attached hydrogens (tertiary/aromatic N) is 6. The van der Waals surface area contributed by atoms with Gasteiger partial charge in [0, 0.05) is 57.3 Å². The minimum absolute atomic E-state index is 0.872. The summed E-state index contributed by atoms with van der Waals surface area (Å²) in [6, 6.07) is 40.6. The molecule has 6 aromatic heterocycles. The molecule has 0 bridgehead atoms. The highest BCUT2D eigenvalue weighted by Gasteiger charge is 2.10. The molecule has 0 radical (unpaired) electrons. The molecule has 9 aromatic rings. The van der Waals surface area contributed by atoms with Crippen LogP contribution < -0.4 is 0 Å². The van der Waals surface area contributed by atoms with Gasteiger partial charge in [-0.3, -0.25) is 19.9 Å². The fourth-order valence-corrected chi connectivity index (χ4v) is 5.57. The maximum atomic E-state index is 4.92. The molecule has 0 amide bonds. The van der Waals surface area contributed by atoms with Crippen LogP contribution in [0.2, 0.25) is 0 Å². The van der Waals surface area contributed by atoms with Crippen LogP contribution in [0.5, 0.6) is 0 Å². The van der Waals surface area contributed by atoms with Gasteiger partial charge in [0.2, 0.25) is 0 Å². The predicted molar refractivity (Wildman–Crippen MR) is 178 cm³/mol. The number of hydrogen-bond acceptors (Lipinski definition) is 6. The minimum atomic E-state index is 0.872. The van der Waals surface area contributed by atoms with Crippen molar-refractivity contribution in [2.75, 3.05) is 0 Å². The first-order valence-electron chi connectivity index (χ1n) is 14.4. The molecule has 6 heteroatoms. The van der Waals surface area contributed by atoms with E-state index in [1.54, 1.807) is 12.4 Å². The maximum Gasteiger partial charge on any atom is 0.0972 e. The predicted octanol–water partition coefficient (Wildman–Crippen LogP) is 8.84. The van der Waals surface area contributed by atoms with Gasteiger partial charge in [0.15, 0.2) is 0 Å². The summed E-state index contributed by atoms with van der Waals surface area (Å²) in [6.07, 6.45) is 7.22. The zero-order valence-corrected chi connectivity index (χ0v) is 23.5. The van der Waals surface area contributed by atoms with Gasteiger partial charge >= 0.3 is 0 Å². The highest BCUT2D eigenvalue weighted by molar-refractivity contribution is 6.04. The highest BCUT2D eigenvalue weighted by Crippen LogP contribution is 2.29. The molecule has 206 valence electrons. The van der Waals surface area contributed by atoms with Gasteiger partial charge in [-0.15, -0.1) is 0 Å². The molecule has 0 fully saturated rings. The number of hydrogen-bond donors (Lipinski definition) is 0. The van der Waals surface area contributed by atoms with Crippen LogP contribution in [0.1, 0.15) is 0 Å². The first kappa shape index (κ1) is 25.6. The number of rotatable bonds is 2. The molecule has 0 aliphatic heterocycles. The number of aromatic nitrogens is 6. The van der Waals surface area contributed by atoms with Crippen molar-refractivity contribution in [1.29, 1.82) is 0 Å². The standard InChI is InChI=1S/C21H13N3.C17H11N3/c1-4-14-5-2-12-22-19(14)17(7-1)18-11-10-16-9-8-15-6-3-13-23-20(15)21(16)24-18;1-2-10-18-14(5-1)15-9-8-13-7-6-12-4-3-11-19-16(12)17(13)20-15/h1-13H;1-11H. The molecule has 9 rings (SSSR count). The molecular weight excluding hydrogens is 540 g/mol. The van der Waals surface area contributed by atoms with E-state index in [1.165, 1.54) is 0 Å². The van der Waals surface area contributed by atoms with E-state index in [-0.39, 0.29) is 0 Å². The molecular formula is C38H24N6. The second-order valence-corrected chi connectivity index (χ2v) is 10.4. The largest absolute Gasteiger partial charge is 0.256 e. The van der Waals surface area contributed by atoms with E-state index in [0.717, 1.165) is 77.2 Å². The van der Waals surface area contributed by atoms with Crippen molar-refractivity contribution in [3.8, 4) is 22.6 Å². The van der Waals surface area contributed by atoms with E-state index in [9.17, 15) is 0 Å². The number of fused-ring (bicyclic) bond motifs is 7. The first-order chi connectivity index (χ1) is 21.8. The number of benzene rings is 3. The summed E-state index contributed by atoms with van der Waals surface area (Å²) in [5, 5.41) is 5.51. The summed E-state index contributed by atoms with van der Waals surface area (Å²) in [4.78, 5) is 27.6. The smallest absolute Gasteiger partial charge is 0.0972 e. The number of para-hydroxylation sites is 1. The molecule has 44 heavy (non-hydrogen) atoms. The van der Waals surface area contributed by atoms with Gasteiger partial charge in [-0.1, -0.05) is 78.9 Å². The zero-order valence-electron chi connectivity index (χ0n) is 23.5. The van der Waals surface area contributed by atoms with Gasteiger partial charge < -0.3 is 0 Å². The van der Waals surface area contributed by atoms with Gasteiger partial charge in [0.1, 0.15) is 0 Å². The van der Waals surface area contributed by atoms with E-state index >= 15 is 0 Å². The Morgan fingerprint density at radius 3 is 1.36 bits per heavy atom. The molecule has 0 saturated carbocycles. The lowest BCUT2D eigenvalue weighted by molar-refractivity contribution is 1.27. The molecule has 0 atom stereocenters. The van der Waals surface area contributed by atoms with Crippen molar-refractivity contribution in [3.63, 3.8) is 0 Å². The van der Waals surface area contributed by atoms with E-state index in [2.05, 4.69) is 92.7 Å². The Labute approximate surface area is 252 Å². The molecule has 6 heterocycles. The normalized spacial score (nSPS) is 11.2. The monoisotopic (exact) mass is 564 g/mol. The molecule has 0 aliphatic carbocycles. The average molecular weight is 565 g/mol. The van der Waals surface area contributed by atoms with E-state index in [1.807, 2.05) is 60.9 Å². The molecule has 0 saturated heterocycles. The Morgan fingerprint density at radius 1 is 0.273 bits per heavy atom. The first-order valence-corrected chi connectivity index (χ1v) is 14.4. The van der Waals surface area contributed by atoms with Gasteiger partial charge in [0.25, 0.3) is 0 Å². The van der Waals surface area contributed by atoms with Crippen LogP contribution in [-0.2, 0) is 0 Å². The lowest BCUT2D eigenvalue weighted by Crippen LogP contribution is -1.90. The third-order valence-electron chi connectivity index (χ3n) is 7.70. The number of pyridine rings is 6. The summed E-state index contributed by atoms with van der Waals surface area (Å²) in [5.41, 5.74) is 8.41. The molecule has 0 spiro atoms. The lowest BCUT2D eigenvalue weighted by atomic mass is 10.0. The van der Waals surface area contributed by atoms with Crippen LogP contribution in [0, 0.1) is 0 Å². The fourth-order valence-electron chi connectivity index (χ4n) is 5.57.